The minimum atomic E-state index is -0.213. The number of rotatable bonds is 6. The maximum absolute atomic E-state index is 12.9. The largest absolute Gasteiger partial charge is 0.380 e. The van der Waals surface area contributed by atoms with Crippen LogP contribution >= 0.6 is 0 Å². The predicted octanol–water partition coefficient (Wildman–Crippen LogP) is 2.94. The number of aromatic nitrogens is 5. The molecule has 8 nitrogen and oxygen atoms in total. The van der Waals surface area contributed by atoms with E-state index < -0.39 is 0 Å². The second kappa shape index (κ2) is 7.85. The molecule has 2 aliphatic rings. The number of ether oxygens (including phenoxy) is 1. The predicted molar refractivity (Wildman–Crippen MR) is 115 cm³/mol. The van der Waals surface area contributed by atoms with Crippen LogP contribution in [0.15, 0.2) is 36.7 Å². The van der Waals surface area contributed by atoms with Crippen LogP contribution in [0.1, 0.15) is 58.6 Å². The first-order valence-electron chi connectivity index (χ1n) is 10.7. The lowest BCUT2D eigenvalue weighted by molar-refractivity contribution is 0.102. The van der Waals surface area contributed by atoms with Crippen molar-refractivity contribution >= 4 is 11.6 Å². The summed E-state index contributed by atoms with van der Waals surface area (Å²) in [6.45, 7) is 3.23. The molecule has 3 aromatic rings. The first-order valence-corrected chi connectivity index (χ1v) is 10.7. The molecule has 1 amide bonds. The highest BCUT2D eigenvalue weighted by atomic mass is 16.5. The van der Waals surface area contributed by atoms with Crippen LogP contribution in [0, 0.1) is 6.92 Å². The lowest BCUT2D eigenvalue weighted by Crippen LogP contribution is -2.31. The Morgan fingerprint density at radius 3 is 2.87 bits per heavy atom. The van der Waals surface area contributed by atoms with Gasteiger partial charge >= 0.3 is 0 Å². The third-order valence-electron chi connectivity index (χ3n) is 6.18. The van der Waals surface area contributed by atoms with E-state index in [1.807, 2.05) is 36.7 Å². The summed E-state index contributed by atoms with van der Waals surface area (Å²) in [6, 6.07) is 9.76. The molecule has 2 fully saturated rings. The van der Waals surface area contributed by atoms with Gasteiger partial charge in [-0.05, 0) is 49.9 Å². The van der Waals surface area contributed by atoms with Crippen molar-refractivity contribution in [1.29, 1.82) is 0 Å². The van der Waals surface area contributed by atoms with Gasteiger partial charge in [-0.15, -0.1) is 10.2 Å². The zero-order chi connectivity index (χ0) is 21.4. The second-order valence-corrected chi connectivity index (χ2v) is 8.68. The van der Waals surface area contributed by atoms with Crippen LogP contribution in [0.3, 0.4) is 0 Å². The fourth-order valence-corrected chi connectivity index (χ4v) is 4.20. The van der Waals surface area contributed by atoms with Crippen LogP contribution in [0.4, 0.5) is 5.69 Å². The summed E-state index contributed by atoms with van der Waals surface area (Å²) < 4.78 is 7.73. The van der Waals surface area contributed by atoms with Crippen molar-refractivity contribution in [2.24, 2.45) is 7.05 Å². The molecule has 1 saturated carbocycles. The molecule has 1 atom stereocenters. The normalized spacial score (nSPS) is 20.7. The molecule has 1 aromatic carbocycles. The van der Waals surface area contributed by atoms with E-state index in [9.17, 15) is 4.79 Å². The van der Waals surface area contributed by atoms with Gasteiger partial charge in [0.15, 0.2) is 0 Å². The smallest absolute Gasteiger partial charge is 0.274 e. The minimum absolute atomic E-state index is 0.188. The van der Waals surface area contributed by atoms with Crippen molar-refractivity contribution < 1.29 is 9.53 Å². The van der Waals surface area contributed by atoms with E-state index in [4.69, 9.17) is 4.74 Å². The molecular formula is C23H26N6O2. The van der Waals surface area contributed by atoms with E-state index in [2.05, 4.69) is 31.5 Å². The van der Waals surface area contributed by atoms with Crippen LogP contribution in [-0.4, -0.2) is 43.9 Å². The molecule has 1 saturated heterocycles. The Labute approximate surface area is 181 Å². The van der Waals surface area contributed by atoms with Gasteiger partial charge in [0, 0.05) is 42.8 Å². The van der Waals surface area contributed by atoms with Crippen molar-refractivity contribution in [2.45, 2.75) is 43.9 Å². The van der Waals surface area contributed by atoms with E-state index >= 15 is 0 Å². The molecule has 1 aliphatic heterocycles. The number of nitrogens with one attached hydrogen (secondary N) is 1. The number of amides is 1. The number of benzene rings is 1. The highest BCUT2D eigenvalue weighted by molar-refractivity contribution is 6.03. The number of anilines is 1. The quantitative estimate of drug-likeness (QED) is 0.661. The Hall–Kier alpha value is -3.13. The summed E-state index contributed by atoms with van der Waals surface area (Å²) in [6.07, 6.45) is 5.55. The Balaban J connectivity index is 1.39. The van der Waals surface area contributed by atoms with Gasteiger partial charge in [-0.1, -0.05) is 12.1 Å². The van der Waals surface area contributed by atoms with Crippen molar-refractivity contribution in [3.63, 3.8) is 0 Å². The average molecular weight is 419 g/mol. The molecule has 1 N–H and O–H groups in total. The summed E-state index contributed by atoms with van der Waals surface area (Å²) in [7, 11) is 1.95. The minimum Gasteiger partial charge on any atom is -0.380 e. The maximum atomic E-state index is 12.9. The molecule has 160 valence electrons. The first-order chi connectivity index (χ1) is 15.0. The summed E-state index contributed by atoms with van der Waals surface area (Å²) in [4.78, 5) is 21.9. The van der Waals surface area contributed by atoms with Gasteiger partial charge in [0.2, 0.25) is 0 Å². The topological polar surface area (TPSA) is 94.8 Å². The van der Waals surface area contributed by atoms with E-state index in [-0.39, 0.29) is 11.3 Å². The van der Waals surface area contributed by atoms with E-state index in [1.54, 1.807) is 12.4 Å². The number of nitrogens with zero attached hydrogens (tertiary/aromatic N) is 5. The number of hydrogen-bond donors (Lipinski definition) is 1. The molecule has 0 bridgehead atoms. The number of hydrogen-bond acceptors (Lipinski definition) is 6. The maximum Gasteiger partial charge on any atom is 0.274 e. The third kappa shape index (κ3) is 4.07. The fraction of sp³-hybridized carbons (Fsp3) is 0.435. The van der Waals surface area contributed by atoms with Gasteiger partial charge in [0.25, 0.3) is 5.91 Å². The van der Waals surface area contributed by atoms with Gasteiger partial charge in [-0.25, -0.2) is 9.97 Å². The monoisotopic (exact) mass is 418 g/mol. The third-order valence-corrected chi connectivity index (χ3v) is 6.18. The van der Waals surface area contributed by atoms with Crippen LogP contribution in [0.2, 0.25) is 0 Å². The Morgan fingerprint density at radius 1 is 1.29 bits per heavy atom. The van der Waals surface area contributed by atoms with Gasteiger partial charge in [-0.3, -0.25) is 4.79 Å². The fourth-order valence-electron chi connectivity index (χ4n) is 4.20. The number of carbonyl (C=O) groups excluding carboxylic acids is 1. The van der Waals surface area contributed by atoms with Gasteiger partial charge < -0.3 is 14.6 Å². The molecule has 0 radical (unpaired) electrons. The summed E-state index contributed by atoms with van der Waals surface area (Å²) >= 11 is 0. The van der Waals surface area contributed by atoms with Crippen molar-refractivity contribution in [1.82, 2.24) is 24.7 Å². The van der Waals surface area contributed by atoms with Crippen molar-refractivity contribution in [3.05, 3.63) is 65.3 Å². The van der Waals surface area contributed by atoms with Crippen molar-refractivity contribution in [3.8, 4) is 0 Å². The van der Waals surface area contributed by atoms with Gasteiger partial charge in [0.1, 0.15) is 23.7 Å². The summed E-state index contributed by atoms with van der Waals surface area (Å²) in [5.74, 6) is 1.89. The van der Waals surface area contributed by atoms with E-state index in [0.717, 1.165) is 54.3 Å². The van der Waals surface area contributed by atoms with Gasteiger partial charge in [-0.2, -0.15) is 0 Å². The molecule has 0 spiro atoms. The highest BCUT2D eigenvalue weighted by Crippen LogP contribution is 2.38. The van der Waals surface area contributed by atoms with Crippen LogP contribution in [0.25, 0.3) is 0 Å². The second-order valence-electron chi connectivity index (χ2n) is 8.68. The molecule has 3 heterocycles. The lowest BCUT2D eigenvalue weighted by atomic mass is 9.76. The Kier molecular flexibility index (Phi) is 5.02. The van der Waals surface area contributed by atoms with Crippen LogP contribution < -0.4 is 5.32 Å². The van der Waals surface area contributed by atoms with Gasteiger partial charge in [0.05, 0.1) is 6.61 Å². The zero-order valence-electron chi connectivity index (χ0n) is 17.8. The molecule has 2 aromatic heterocycles. The first kappa shape index (κ1) is 19.8. The molecule has 31 heavy (non-hydrogen) atoms. The molecular weight excluding hydrogens is 392 g/mol. The molecule has 8 heteroatoms. The summed E-state index contributed by atoms with van der Waals surface area (Å²) in [5.41, 5.74) is 2.92. The van der Waals surface area contributed by atoms with Crippen LogP contribution in [0.5, 0.6) is 0 Å². The SMILES string of the molecule is Cc1cc(C(=O)Nc2cccc([C@]3(Cc4nncn4C)CCOC3)c2)nc(C2CC2)n1. The Bertz CT molecular complexity index is 1110. The van der Waals surface area contributed by atoms with E-state index in [0.29, 0.717) is 24.8 Å². The number of carbonyl (C=O) groups is 1. The summed E-state index contributed by atoms with van der Waals surface area (Å²) in [5, 5.41) is 11.3. The number of aryl methyl sites for hydroxylation is 2. The van der Waals surface area contributed by atoms with E-state index in [1.165, 1.54) is 0 Å². The standard InChI is InChI=1S/C23H26N6O2/c1-15-10-19(27-21(25-15)16-6-7-16)22(30)26-18-5-3-4-17(11-18)23(8-9-31-13-23)12-20-28-24-14-29(20)2/h3-5,10-11,14,16H,6-9,12-13H2,1-2H3,(H,26,30)/t23-/m0/s1. The van der Waals surface area contributed by atoms with Crippen molar-refractivity contribution in [2.75, 3.05) is 18.5 Å². The zero-order valence-corrected chi connectivity index (χ0v) is 17.8. The highest BCUT2D eigenvalue weighted by Gasteiger charge is 2.38. The average Bonchev–Trinajstić information content (AvgIpc) is 3.38. The molecule has 0 unspecified atom stereocenters. The lowest BCUT2D eigenvalue weighted by Gasteiger charge is -2.28. The van der Waals surface area contributed by atoms with Crippen LogP contribution in [-0.2, 0) is 23.6 Å². The molecule has 1 aliphatic carbocycles. The molecule has 5 rings (SSSR count). The Morgan fingerprint density at radius 2 is 2.16 bits per heavy atom.